The Balaban J connectivity index is 2.94. The molecule has 0 radical (unpaired) electrons. The molecule has 0 unspecified atom stereocenters. The van der Waals surface area contributed by atoms with Crippen LogP contribution in [-0.2, 0) is 0 Å². The van der Waals surface area contributed by atoms with E-state index in [9.17, 15) is 13.2 Å². The number of hydrogen-bond acceptors (Lipinski definition) is 1. The molecule has 0 amide bonds. The summed E-state index contributed by atoms with van der Waals surface area (Å²) in [6.45, 7) is 0. The number of benzene rings is 2. The minimum Gasteiger partial charge on any atom is -0.508 e. The number of aromatic hydroxyl groups is 1. The van der Waals surface area contributed by atoms with Crippen LogP contribution in [0.1, 0.15) is 0 Å². The molecule has 2 aromatic rings. The monoisotopic (exact) mass is 198 g/mol. The predicted molar refractivity (Wildman–Crippen MR) is 45.5 cm³/mol. The fourth-order valence-electron chi connectivity index (χ4n) is 1.30. The Bertz CT molecular complexity index is 508. The minimum atomic E-state index is -1.24. The third kappa shape index (κ3) is 1.19. The second-order valence-corrected chi connectivity index (χ2v) is 2.88. The lowest BCUT2D eigenvalue weighted by molar-refractivity contribution is 0.475. The second-order valence-electron chi connectivity index (χ2n) is 2.88. The van der Waals surface area contributed by atoms with E-state index in [1.807, 2.05) is 0 Å². The molecular formula is C10H5F3O. The molecule has 0 heterocycles. The summed E-state index contributed by atoms with van der Waals surface area (Å²) in [7, 11) is 0. The molecule has 4 heteroatoms. The van der Waals surface area contributed by atoms with Gasteiger partial charge in [-0.25, -0.2) is 13.2 Å². The highest BCUT2D eigenvalue weighted by molar-refractivity contribution is 5.85. The van der Waals surface area contributed by atoms with Gasteiger partial charge in [0.05, 0.1) is 0 Å². The molecule has 0 bridgehead atoms. The van der Waals surface area contributed by atoms with Crippen molar-refractivity contribution >= 4 is 10.8 Å². The van der Waals surface area contributed by atoms with E-state index in [0.29, 0.717) is 6.07 Å². The molecule has 0 aromatic heterocycles. The van der Waals surface area contributed by atoms with Gasteiger partial charge in [0.15, 0.2) is 11.6 Å². The number of fused-ring (bicyclic) bond motifs is 1. The van der Waals surface area contributed by atoms with Crippen LogP contribution in [0.5, 0.6) is 5.75 Å². The number of halogens is 3. The largest absolute Gasteiger partial charge is 0.508 e. The Labute approximate surface area is 77.4 Å². The van der Waals surface area contributed by atoms with Crippen molar-refractivity contribution in [1.29, 1.82) is 0 Å². The number of rotatable bonds is 0. The van der Waals surface area contributed by atoms with E-state index in [1.165, 1.54) is 6.07 Å². The van der Waals surface area contributed by atoms with Gasteiger partial charge in [-0.3, -0.25) is 0 Å². The van der Waals surface area contributed by atoms with Gasteiger partial charge < -0.3 is 5.11 Å². The zero-order chi connectivity index (χ0) is 10.3. The van der Waals surface area contributed by atoms with Crippen LogP contribution in [0.15, 0.2) is 24.3 Å². The molecule has 0 fully saturated rings. The highest BCUT2D eigenvalue weighted by Gasteiger charge is 2.11. The molecule has 14 heavy (non-hydrogen) atoms. The molecule has 0 aliphatic rings. The first kappa shape index (κ1) is 8.87. The first-order valence-corrected chi connectivity index (χ1v) is 3.86. The zero-order valence-corrected chi connectivity index (χ0v) is 6.89. The van der Waals surface area contributed by atoms with Gasteiger partial charge in [-0.2, -0.15) is 0 Å². The molecule has 0 atom stereocenters. The maximum absolute atomic E-state index is 13.1. The van der Waals surface area contributed by atoms with E-state index >= 15 is 0 Å². The van der Waals surface area contributed by atoms with Gasteiger partial charge in [-0.1, -0.05) is 0 Å². The Kier molecular flexibility index (Phi) is 1.84. The molecule has 1 N–H and O–H groups in total. The van der Waals surface area contributed by atoms with Crippen LogP contribution in [0.2, 0.25) is 0 Å². The molecule has 2 rings (SSSR count). The highest BCUT2D eigenvalue weighted by Crippen LogP contribution is 2.26. The zero-order valence-electron chi connectivity index (χ0n) is 6.89. The van der Waals surface area contributed by atoms with E-state index in [2.05, 4.69) is 0 Å². The van der Waals surface area contributed by atoms with E-state index in [4.69, 9.17) is 5.11 Å². The molecule has 0 spiro atoms. The van der Waals surface area contributed by atoms with Gasteiger partial charge in [0.2, 0.25) is 0 Å². The van der Waals surface area contributed by atoms with Crippen LogP contribution in [0.4, 0.5) is 13.2 Å². The quantitative estimate of drug-likeness (QED) is 0.645. The Morgan fingerprint density at radius 1 is 0.857 bits per heavy atom. The molecule has 0 saturated heterocycles. The normalized spacial score (nSPS) is 10.8. The maximum Gasteiger partial charge on any atom is 0.166 e. The molecular weight excluding hydrogens is 193 g/mol. The topological polar surface area (TPSA) is 20.2 Å². The van der Waals surface area contributed by atoms with Crippen molar-refractivity contribution in [3.63, 3.8) is 0 Å². The third-order valence-electron chi connectivity index (χ3n) is 1.96. The molecule has 0 aliphatic carbocycles. The summed E-state index contributed by atoms with van der Waals surface area (Å²) in [6, 6.07) is 3.81. The predicted octanol–water partition coefficient (Wildman–Crippen LogP) is 2.96. The van der Waals surface area contributed by atoms with Gasteiger partial charge in [-0.05, 0) is 18.2 Å². The second kappa shape index (κ2) is 2.90. The van der Waals surface area contributed by atoms with Gasteiger partial charge in [0.1, 0.15) is 11.6 Å². The number of hydrogen-bond donors (Lipinski definition) is 1. The van der Waals surface area contributed by atoms with Crippen LogP contribution < -0.4 is 0 Å². The molecule has 2 aromatic carbocycles. The summed E-state index contributed by atoms with van der Waals surface area (Å²) in [5.41, 5.74) is 0. The van der Waals surface area contributed by atoms with Crippen molar-refractivity contribution in [1.82, 2.24) is 0 Å². The van der Waals surface area contributed by atoms with Crippen LogP contribution in [0, 0.1) is 17.5 Å². The number of phenols is 1. The van der Waals surface area contributed by atoms with Crippen molar-refractivity contribution in [3.05, 3.63) is 41.7 Å². The summed E-state index contributed by atoms with van der Waals surface area (Å²) >= 11 is 0. The van der Waals surface area contributed by atoms with Crippen LogP contribution in [0.25, 0.3) is 10.8 Å². The maximum atomic E-state index is 13.1. The van der Waals surface area contributed by atoms with E-state index < -0.39 is 17.5 Å². The first-order chi connectivity index (χ1) is 6.59. The summed E-state index contributed by atoms with van der Waals surface area (Å²) in [4.78, 5) is 0. The standard InChI is InChI=1S/C10H5F3O/c11-8-4-9(12)10(13)6-2-1-5(14)3-7(6)8/h1-4,14H. The average Bonchev–Trinajstić information content (AvgIpc) is 2.14. The number of phenolic OH excluding ortho intramolecular Hbond substituents is 1. The van der Waals surface area contributed by atoms with Crippen LogP contribution in [0.3, 0.4) is 0 Å². The fraction of sp³-hybridized carbons (Fsp3) is 0. The van der Waals surface area contributed by atoms with E-state index in [1.54, 1.807) is 0 Å². The van der Waals surface area contributed by atoms with Gasteiger partial charge in [-0.15, -0.1) is 0 Å². The van der Waals surface area contributed by atoms with Crippen molar-refractivity contribution in [2.24, 2.45) is 0 Å². The van der Waals surface area contributed by atoms with Gasteiger partial charge >= 0.3 is 0 Å². The highest BCUT2D eigenvalue weighted by atomic mass is 19.2. The van der Waals surface area contributed by atoms with Gasteiger partial charge in [0.25, 0.3) is 0 Å². The van der Waals surface area contributed by atoms with Crippen LogP contribution >= 0.6 is 0 Å². The van der Waals surface area contributed by atoms with Gasteiger partial charge in [0, 0.05) is 16.8 Å². The fourth-order valence-corrected chi connectivity index (χ4v) is 1.30. The van der Waals surface area contributed by atoms with Crippen molar-refractivity contribution in [2.75, 3.05) is 0 Å². The lowest BCUT2D eigenvalue weighted by atomic mass is 10.1. The lowest BCUT2D eigenvalue weighted by Crippen LogP contribution is -1.90. The Morgan fingerprint density at radius 3 is 2.29 bits per heavy atom. The summed E-state index contributed by atoms with van der Waals surface area (Å²) in [5, 5.41) is 8.72. The van der Waals surface area contributed by atoms with Crippen LogP contribution in [-0.4, -0.2) is 5.11 Å². The Morgan fingerprint density at radius 2 is 1.57 bits per heavy atom. The van der Waals surface area contributed by atoms with E-state index in [0.717, 1.165) is 12.1 Å². The minimum absolute atomic E-state index is 0.135. The smallest absolute Gasteiger partial charge is 0.166 e. The van der Waals surface area contributed by atoms with Crippen molar-refractivity contribution in [3.8, 4) is 5.75 Å². The summed E-state index contributed by atoms with van der Waals surface area (Å²) in [5.74, 6) is -3.43. The Hall–Kier alpha value is -1.71. The first-order valence-electron chi connectivity index (χ1n) is 3.86. The molecule has 0 saturated carbocycles. The van der Waals surface area contributed by atoms with Crippen molar-refractivity contribution < 1.29 is 18.3 Å². The lowest BCUT2D eigenvalue weighted by Gasteiger charge is -2.02. The van der Waals surface area contributed by atoms with E-state index in [-0.39, 0.29) is 16.5 Å². The average molecular weight is 198 g/mol. The molecule has 0 aliphatic heterocycles. The molecule has 1 nitrogen and oxygen atoms in total. The SMILES string of the molecule is Oc1ccc2c(F)c(F)cc(F)c2c1. The summed E-state index contributed by atoms with van der Waals surface area (Å²) in [6.07, 6.45) is 0. The summed E-state index contributed by atoms with van der Waals surface area (Å²) < 4.78 is 38.9. The third-order valence-corrected chi connectivity index (χ3v) is 1.96. The molecule has 72 valence electrons. The van der Waals surface area contributed by atoms with Crippen molar-refractivity contribution in [2.45, 2.75) is 0 Å².